The fourth-order valence-electron chi connectivity index (χ4n) is 3.29. The minimum atomic E-state index is -0.337. The van der Waals surface area contributed by atoms with Crippen LogP contribution < -0.4 is 5.73 Å². The zero-order valence-electron chi connectivity index (χ0n) is 17.0. The van der Waals surface area contributed by atoms with Crippen molar-refractivity contribution in [2.45, 2.75) is 40.8 Å². The maximum atomic E-state index is 12.2. The van der Waals surface area contributed by atoms with Crippen molar-refractivity contribution >= 4 is 33.3 Å². The number of esters is 1. The van der Waals surface area contributed by atoms with Gasteiger partial charge in [-0.15, -0.1) is 11.3 Å². The molecule has 0 radical (unpaired) electrons. The molecule has 2 N–H and O–H groups in total. The molecule has 0 bridgehead atoms. The second kappa shape index (κ2) is 8.24. The lowest BCUT2D eigenvalue weighted by molar-refractivity contribution is 0.0531. The summed E-state index contributed by atoms with van der Waals surface area (Å²) in [6.07, 6.45) is 0. The van der Waals surface area contributed by atoms with Gasteiger partial charge >= 0.3 is 5.97 Å². The molecule has 28 heavy (non-hydrogen) atoms. The Balaban J connectivity index is 1.84. The number of hydrogen-bond acceptors (Lipinski definition) is 7. The summed E-state index contributed by atoms with van der Waals surface area (Å²) >= 11 is 1.31. The van der Waals surface area contributed by atoms with Crippen molar-refractivity contribution in [3.63, 3.8) is 0 Å². The van der Waals surface area contributed by atoms with Crippen molar-refractivity contribution in [3.05, 3.63) is 51.2 Å². The molecule has 0 saturated carbocycles. The first-order chi connectivity index (χ1) is 13.3. The van der Waals surface area contributed by atoms with Crippen molar-refractivity contribution in [1.82, 2.24) is 14.9 Å². The van der Waals surface area contributed by atoms with Crippen LogP contribution in [0.4, 0.5) is 5.82 Å². The number of anilines is 1. The van der Waals surface area contributed by atoms with E-state index in [-0.39, 0.29) is 5.97 Å². The summed E-state index contributed by atoms with van der Waals surface area (Å²) in [6, 6.07) is 6.48. The second-order valence-electron chi connectivity index (χ2n) is 7.08. The first-order valence-electron chi connectivity index (χ1n) is 9.27. The number of rotatable bonds is 6. The highest BCUT2D eigenvalue weighted by Crippen LogP contribution is 2.33. The number of benzene rings is 1. The van der Waals surface area contributed by atoms with Crippen molar-refractivity contribution in [1.29, 1.82) is 0 Å². The predicted molar refractivity (Wildman–Crippen MR) is 114 cm³/mol. The summed E-state index contributed by atoms with van der Waals surface area (Å²) in [6.45, 7) is 9.57. The van der Waals surface area contributed by atoms with Gasteiger partial charge < -0.3 is 10.5 Å². The first kappa shape index (κ1) is 20.2. The van der Waals surface area contributed by atoms with Gasteiger partial charge in [0.25, 0.3) is 0 Å². The van der Waals surface area contributed by atoms with Crippen LogP contribution in [0.1, 0.15) is 44.7 Å². The van der Waals surface area contributed by atoms with E-state index in [1.807, 2.05) is 14.0 Å². The van der Waals surface area contributed by atoms with Crippen LogP contribution in [0.25, 0.3) is 10.2 Å². The zero-order valence-corrected chi connectivity index (χ0v) is 17.8. The van der Waals surface area contributed by atoms with Gasteiger partial charge in [0.05, 0.1) is 18.5 Å². The number of hydrogen-bond donors (Lipinski definition) is 1. The van der Waals surface area contributed by atoms with Crippen molar-refractivity contribution in [3.8, 4) is 0 Å². The molecule has 0 atom stereocenters. The third kappa shape index (κ3) is 4.15. The van der Waals surface area contributed by atoms with E-state index in [1.165, 1.54) is 28.0 Å². The Labute approximate surface area is 169 Å². The molecule has 2 aromatic heterocycles. The fourth-order valence-corrected chi connectivity index (χ4v) is 4.39. The van der Waals surface area contributed by atoms with Gasteiger partial charge in [0, 0.05) is 6.54 Å². The molecule has 0 spiro atoms. The topological polar surface area (TPSA) is 81.3 Å². The summed E-state index contributed by atoms with van der Waals surface area (Å²) in [5.41, 5.74) is 10.8. The first-order valence-corrected chi connectivity index (χ1v) is 10.1. The highest BCUT2D eigenvalue weighted by Gasteiger charge is 2.20. The van der Waals surface area contributed by atoms with Gasteiger partial charge in [0.1, 0.15) is 21.3 Å². The van der Waals surface area contributed by atoms with Crippen LogP contribution >= 0.6 is 11.3 Å². The average Bonchev–Trinajstić information content (AvgIpc) is 2.94. The summed E-state index contributed by atoms with van der Waals surface area (Å²) in [4.78, 5) is 24.7. The summed E-state index contributed by atoms with van der Waals surface area (Å²) < 4.78 is 5.13. The van der Waals surface area contributed by atoms with Gasteiger partial charge in [0.15, 0.2) is 0 Å². The van der Waals surface area contributed by atoms with Gasteiger partial charge in [0.2, 0.25) is 0 Å². The second-order valence-corrected chi connectivity index (χ2v) is 8.08. The molecule has 2 heterocycles. The van der Waals surface area contributed by atoms with Crippen LogP contribution in [0.2, 0.25) is 0 Å². The molecule has 0 aliphatic carbocycles. The number of carbonyl (C=O) groups is 1. The lowest BCUT2D eigenvalue weighted by Crippen LogP contribution is -2.19. The molecule has 3 rings (SSSR count). The normalized spacial score (nSPS) is 11.4. The maximum absolute atomic E-state index is 12.2. The number of fused-ring (bicyclic) bond motifs is 1. The van der Waals surface area contributed by atoms with E-state index in [4.69, 9.17) is 10.5 Å². The Kier molecular flexibility index (Phi) is 5.96. The van der Waals surface area contributed by atoms with E-state index in [0.717, 1.165) is 22.3 Å². The lowest BCUT2D eigenvalue weighted by Gasteiger charge is -2.17. The van der Waals surface area contributed by atoms with Gasteiger partial charge in [-0.25, -0.2) is 14.8 Å². The Morgan fingerprint density at radius 2 is 1.96 bits per heavy atom. The van der Waals surface area contributed by atoms with Gasteiger partial charge in [-0.05, 0) is 51.4 Å². The third-order valence-electron chi connectivity index (χ3n) is 4.67. The van der Waals surface area contributed by atoms with Crippen LogP contribution in [-0.4, -0.2) is 34.5 Å². The molecule has 0 aliphatic rings. The summed E-state index contributed by atoms with van der Waals surface area (Å²) in [5.74, 6) is 0.717. The Morgan fingerprint density at radius 1 is 1.21 bits per heavy atom. The Morgan fingerprint density at radius 3 is 2.64 bits per heavy atom. The number of thiophene rings is 1. The van der Waals surface area contributed by atoms with Gasteiger partial charge in [-0.1, -0.05) is 23.8 Å². The number of ether oxygens (including phenoxy) is 1. The number of nitrogens with two attached hydrogens (primary N) is 1. The Hall–Kier alpha value is -2.51. The fraction of sp³-hybridized carbons (Fsp3) is 0.381. The molecule has 0 fully saturated rings. The number of aromatic nitrogens is 2. The minimum absolute atomic E-state index is 0.335. The predicted octanol–water partition coefficient (Wildman–Crippen LogP) is 4.01. The van der Waals surface area contributed by atoms with Crippen LogP contribution in [0.3, 0.4) is 0 Å². The Bertz CT molecular complexity index is 1030. The maximum Gasteiger partial charge on any atom is 0.348 e. The van der Waals surface area contributed by atoms with E-state index >= 15 is 0 Å². The zero-order chi connectivity index (χ0) is 20.4. The van der Waals surface area contributed by atoms with E-state index in [9.17, 15) is 4.79 Å². The molecule has 1 aromatic carbocycles. The molecule has 6 nitrogen and oxygen atoms in total. The molecule has 7 heteroatoms. The molecule has 0 saturated heterocycles. The smallest absolute Gasteiger partial charge is 0.348 e. The number of nitrogen functional groups attached to an aromatic ring is 1. The number of aryl methyl sites for hydroxylation is 3. The molecule has 0 unspecified atom stereocenters. The highest BCUT2D eigenvalue weighted by atomic mass is 32.1. The van der Waals surface area contributed by atoms with Crippen molar-refractivity contribution in [2.75, 3.05) is 19.4 Å². The molecule has 148 valence electrons. The molecular weight excluding hydrogens is 372 g/mol. The van der Waals surface area contributed by atoms with E-state index < -0.39 is 0 Å². The number of carbonyl (C=O) groups excluding carboxylic acids is 1. The van der Waals surface area contributed by atoms with Crippen LogP contribution in [0.5, 0.6) is 0 Å². The van der Waals surface area contributed by atoms with Crippen molar-refractivity contribution < 1.29 is 9.53 Å². The highest BCUT2D eigenvalue weighted by molar-refractivity contribution is 7.20. The average molecular weight is 399 g/mol. The van der Waals surface area contributed by atoms with Crippen LogP contribution in [-0.2, 0) is 17.8 Å². The van der Waals surface area contributed by atoms with E-state index in [1.54, 1.807) is 6.92 Å². The largest absolute Gasteiger partial charge is 0.462 e. The molecule has 3 aromatic rings. The SMILES string of the molecule is CCOC(=O)c1sc2nc(CN(C)Cc3ccc(C)cc3C)nc(N)c2c1C. The lowest BCUT2D eigenvalue weighted by atomic mass is 10.1. The van der Waals surface area contributed by atoms with Gasteiger partial charge in [-0.2, -0.15) is 0 Å². The minimum Gasteiger partial charge on any atom is -0.462 e. The molecule has 0 aliphatic heterocycles. The molecular formula is C21H26N4O2S. The standard InChI is InChI=1S/C21H26N4O2S/c1-6-27-21(26)18-14(4)17-19(22)23-16(24-20(17)28-18)11-25(5)10-15-8-7-12(2)9-13(15)3/h7-9H,6,10-11H2,1-5H3,(H2,22,23,24). The van der Waals surface area contributed by atoms with Gasteiger partial charge in [-0.3, -0.25) is 4.90 Å². The summed E-state index contributed by atoms with van der Waals surface area (Å²) in [5, 5.41) is 0.744. The van der Waals surface area contributed by atoms with E-state index in [0.29, 0.717) is 29.7 Å². The summed E-state index contributed by atoms with van der Waals surface area (Å²) in [7, 11) is 2.03. The van der Waals surface area contributed by atoms with Crippen LogP contribution in [0.15, 0.2) is 18.2 Å². The third-order valence-corrected chi connectivity index (χ3v) is 5.84. The monoisotopic (exact) mass is 398 g/mol. The number of nitrogens with zero attached hydrogens (tertiary/aromatic N) is 3. The quantitative estimate of drug-likeness (QED) is 0.632. The van der Waals surface area contributed by atoms with E-state index in [2.05, 4.69) is 46.9 Å². The van der Waals surface area contributed by atoms with Crippen molar-refractivity contribution in [2.24, 2.45) is 0 Å². The molecule has 0 amide bonds. The van der Waals surface area contributed by atoms with Crippen LogP contribution in [0, 0.1) is 20.8 Å².